The summed E-state index contributed by atoms with van der Waals surface area (Å²) < 4.78 is 33.9. The second kappa shape index (κ2) is 40.9. The van der Waals surface area contributed by atoms with Crippen LogP contribution >= 0.6 is 7.82 Å². The van der Waals surface area contributed by atoms with Crippen molar-refractivity contribution < 1.29 is 42.1 Å². The van der Waals surface area contributed by atoms with Crippen molar-refractivity contribution in [1.82, 2.24) is 0 Å². The molecule has 0 saturated heterocycles. The molecule has 0 spiro atoms. The second-order valence-electron chi connectivity index (χ2n) is 17.5. The first-order valence-corrected chi connectivity index (χ1v) is 25.5. The number of phosphoric acid groups is 1. The maximum atomic E-state index is 12.7. The number of allylic oxidation sites excluding steroid dienone is 4. The van der Waals surface area contributed by atoms with Crippen molar-refractivity contribution in [3.8, 4) is 0 Å². The van der Waals surface area contributed by atoms with E-state index in [-0.39, 0.29) is 32.0 Å². The number of carbonyl (C=O) groups is 2. The Morgan fingerprint density at radius 2 is 0.879 bits per heavy atom. The molecular formula is C48H92NO8P. The fraction of sp³-hybridized carbons (Fsp3) is 0.875. The lowest BCUT2D eigenvalue weighted by molar-refractivity contribution is -0.870. The summed E-state index contributed by atoms with van der Waals surface area (Å²) in [5, 5.41) is 0. The molecule has 342 valence electrons. The van der Waals surface area contributed by atoms with Crippen LogP contribution in [0.1, 0.15) is 219 Å². The highest BCUT2D eigenvalue weighted by atomic mass is 31.2. The van der Waals surface area contributed by atoms with Gasteiger partial charge in [0.15, 0.2) is 6.10 Å². The van der Waals surface area contributed by atoms with Crippen LogP contribution in [0.25, 0.3) is 0 Å². The van der Waals surface area contributed by atoms with Crippen LogP contribution in [-0.4, -0.2) is 70.0 Å². The fourth-order valence-corrected chi connectivity index (χ4v) is 7.37. The minimum Gasteiger partial charge on any atom is -0.756 e. The highest BCUT2D eigenvalue weighted by molar-refractivity contribution is 7.45. The van der Waals surface area contributed by atoms with Crippen LogP contribution in [0.2, 0.25) is 0 Å². The van der Waals surface area contributed by atoms with Crippen molar-refractivity contribution in [2.45, 2.75) is 225 Å². The van der Waals surface area contributed by atoms with Crippen molar-refractivity contribution in [3.05, 3.63) is 24.3 Å². The lowest BCUT2D eigenvalue weighted by Crippen LogP contribution is -2.37. The Labute approximate surface area is 358 Å². The smallest absolute Gasteiger partial charge is 0.306 e. The number of hydrogen-bond acceptors (Lipinski definition) is 8. The monoisotopic (exact) mass is 842 g/mol. The molecule has 0 radical (unpaired) electrons. The number of phosphoric ester groups is 1. The van der Waals surface area contributed by atoms with E-state index >= 15 is 0 Å². The van der Waals surface area contributed by atoms with Crippen molar-refractivity contribution in [2.24, 2.45) is 0 Å². The minimum absolute atomic E-state index is 0.0310. The SMILES string of the molecule is CCCCCC/C=C/CCCCCCCC(=O)O[C@@H](COC(=O)CCCCCCCCCCCCC/C=C/CCCCCCCC)COP(=O)([O-])OCC[N+](C)(C)C. The zero-order valence-electron chi connectivity index (χ0n) is 38.5. The second-order valence-corrected chi connectivity index (χ2v) is 18.9. The predicted molar refractivity (Wildman–Crippen MR) is 241 cm³/mol. The topological polar surface area (TPSA) is 111 Å². The minimum atomic E-state index is -4.62. The molecule has 0 aromatic heterocycles. The molecule has 0 aromatic carbocycles. The fourth-order valence-electron chi connectivity index (χ4n) is 6.64. The summed E-state index contributed by atoms with van der Waals surface area (Å²) in [4.78, 5) is 37.6. The van der Waals surface area contributed by atoms with Crippen molar-refractivity contribution in [3.63, 3.8) is 0 Å². The molecular weight excluding hydrogens is 750 g/mol. The molecule has 0 aromatic rings. The summed E-state index contributed by atoms with van der Waals surface area (Å²) in [6.45, 7) is 4.22. The standard InChI is InChI=1S/C48H92NO8P/c1-6-8-10-12-14-16-18-20-21-22-23-24-25-26-27-29-30-32-34-36-38-40-47(50)54-44-46(45-56-58(52,53)55-43-42-49(3,4)5)57-48(51)41-39-37-35-33-31-28-19-17-15-13-11-9-7-2/h17,19-21,46H,6-16,18,22-45H2,1-5H3/b19-17+,21-20+/t46-/m0/s1. The molecule has 0 aliphatic carbocycles. The van der Waals surface area contributed by atoms with Gasteiger partial charge in [0.05, 0.1) is 27.7 Å². The van der Waals surface area contributed by atoms with Crippen molar-refractivity contribution in [1.29, 1.82) is 0 Å². The van der Waals surface area contributed by atoms with Gasteiger partial charge in [0.2, 0.25) is 0 Å². The summed E-state index contributed by atoms with van der Waals surface area (Å²) in [5.74, 6) is -0.839. The highest BCUT2D eigenvalue weighted by Gasteiger charge is 2.21. The van der Waals surface area contributed by atoms with Crippen LogP contribution in [0, 0.1) is 0 Å². The van der Waals surface area contributed by atoms with Crippen LogP contribution < -0.4 is 4.89 Å². The van der Waals surface area contributed by atoms with E-state index < -0.39 is 26.5 Å². The van der Waals surface area contributed by atoms with E-state index in [4.69, 9.17) is 18.5 Å². The Morgan fingerprint density at radius 3 is 1.29 bits per heavy atom. The molecule has 2 atom stereocenters. The van der Waals surface area contributed by atoms with Gasteiger partial charge in [-0.05, 0) is 64.2 Å². The molecule has 0 rings (SSSR count). The number of esters is 2. The Bertz CT molecular complexity index is 1040. The van der Waals surface area contributed by atoms with Gasteiger partial charge < -0.3 is 27.9 Å². The zero-order chi connectivity index (χ0) is 42.8. The van der Waals surface area contributed by atoms with E-state index in [2.05, 4.69) is 38.2 Å². The normalized spacial score (nSPS) is 13.7. The number of unbranched alkanes of at least 4 members (excludes halogenated alkanes) is 26. The van der Waals surface area contributed by atoms with Crippen LogP contribution in [0.15, 0.2) is 24.3 Å². The number of quaternary nitrogens is 1. The predicted octanol–water partition coefficient (Wildman–Crippen LogP) is 13.3. The summed E-state index contributed by atoms with van der Waals surface area (Å²) in [7, 11) is 1.17. The van der Waals surface area contributed by atoms with Gasteiger partial charge in [-0.25, -0.2) is 0 Å². The first-order valence-electron chi connectivity index (χ1n) is 24.0. The maximum Gasteiger partial charge on any atom is 0.306 e. The molecule has 10 heteroatoms. The quantitative estimate of drug-likeness (QED) is 0.0196. The van der Waals surface area contributed by atoms with E-state index in [1.165, 1.54) is 135 Å². The Balaban J connectivity index is 4.23. The third-order valence-corrected chi connectivity index (χ3v) is 11.4. The van der Waals surface area contributed by atoms with Gasteiger partial charge in [0, 0.05) is 12.8 Å². The average Bonchev–Trinajstić information content (AvgIpc) is 3.17. The molecule has 0 bridgehead atoms. The summed E-state index contributed by atoms with van der Waals surface area (Å²) in [5.41, 5.74) is 0. The Kier molecular flexibility index (Phi) is 39.8. The van der Waals surface area contributed by atoms with Crippen molar-refractivity contribution >= 4 is 19.8 Å². The van der Waals surface area contributed by atoms with Gasteiger partial charge in [-0.1, -0.05) is 167 Å². The van der Waals surface area contributed by atoms with Gasteiger partial charge >= 0.3 is 11.9 Å². The number of nitrogens with zero attached hydrogens (tertiary/aromatic N) is 1. The number of carbonyl (C=O) groups excluding carboxylic acids is 2. The van der Waals surface area contributed by atoms with Crippen LogP contribution in [-0.2, 0) is 32.7 Å². The number of hydrogen-bond donors (Lipinski definition) is 0. The summed E-state index contributed by atoms with van der Waals surface area (Å²) in [6.07, 6.45) is 44.9. The van der Waals surface area contributed by atoms with E-state index in [9.17, 15) is 19.0 Å². The lowest BCUT2D eigenvalue weighted by Gasteiger charge is -2.28. The molecule has 1 unspecified atom stereocenters. The molecule has 0 saturated carbocycles. The van der Waals surface area contributed by atoms with E-state index in [0.717, 1.165) is 51.4 Å². The molecule has 0 aliphatic heterocycles. The average molecular weight is 842 g/mol. The third-order valence-electron chi connectivity index (χ3n) is 10.4. The van der Waals surface area contributed by atoms with Crippen molar-refractivity contribution in [2.75, 3.05) is 47.5 Å². The highest BCUT2D eigenvalue weighted by Crippen LogP contribution is 2.38. The zero-order valence-corrected chi connectivity index (χ0v) is 39.4. The van der Waals surface area contributed by atoms with Gasteiger partial charge in [-0.2, -0.15) is 0 Å². The molecule has 0 amide bonds. The van der Waals surface area contributed by atoms with Crippen LogP contribution in [0.4, 0.5) is 0 Å². The van der Waals surface area contributed by atoms with E-state index in [1.54, 1.807) is 0 Å². The molecule has 9 nitrogen and oxygen atoms in total. The summed E-state index contributed by atoms with van der Waals surface area (Å²) in [6, 6.07) is 0. The molecule has 0 N–H and O–H groups in total. The first kappa shape index (κ1) is 56.5. The molecule has 0 heterocycles. The number of rotatable bonds is 44. The lowest BCUT2D eigenvalue weighted by atomic mass is 10.0. The van der Waals surface area contributed by atoms with E-state index in [0.29, 0.717) is 17.4 Å². The molecule has 0 aliphatic rings. The number of ether oxygens (including phenoxy) is 2. The Hall–Kier alpha value is -1.51. The van der Waals surface area contributed by atoms with Gasteiger partial charge in [-0.3, -0.25) is 14.2 Å². The van der Waals surface area contributed by atoms with Gasteiger partial charge in [-0.15, -0.1) is 0 Å². The summed E-state index contributed by atoms with van der Waals surface area (Å²) >= 11 is 0. The van der Waals surface area contributed by atoms with Gasteiger partial charge in [0.1, 0.15) is 19.8 Å². The molecule has 58 heavy (non-hydrogen) atoms. The first-order chi connectivity index (χ1) is 28.0. The van der Waals surface area contributed by atoms with Gasteiger partial charge in [0.25, 0.3) is 7.82 Å². The number of likely N-dealkylation sites (N-methyl/N-ethyl adjacent to an activating group) is 1. The van der Waals surface area contributed by atoms with E-state index in [1.807, 2.05) is 21.1 Å². The largest absolute Gasteiger partial charge is 0.756 e. The third kappa shape index (κ3) is 44.1. The van der Waals surface area contributed by atoms with Crippen LogP contribution in [0.5, 0.6) is 0 Å². The Morgan fingerprint density at radius 1 is 0.517 bits per heavy atom. The molecule has 0 fully saturated rings. The maximum absolute atomic E-state index is 12.7. The van der Waals surface area contributed by atoms with Crippen LogP contribution in [0.3, 0.4) is 0 Å².